The van der Waals surface area contributed by atoms with Crippen LogP contribution in [-0.2, 0) is 0 Å². The lowest BCUT2D eigenvalue weighted by atomic mass is 10.1. The average Bonchev–Trinajstić information content (AvgIpc) is 3.59. The van der Waals surface area contributed by atoms with Gasteiger partial charge in [0.25, 0.3) is 11.5 Å². The van der Waals surface area contributed by atoms with E-state index in [1.807, 2.05) is 48.5 Å². The summed E-state index contributed by atoms with van der Waals surface area (Å²) >= 11 is 1.21. The Bertz CT molecular complexity index is 1640. The van der Waals surface area contributed by atoms with E-state index < -0.39 is 5.56 Å². The van der Waals surface area contributed by atoms with Gasteiger partial charge in [-0.3, -0.25) is 14.2 Å². The van der Waals surface area contributed by atoms with E-state index in [9.17, 15) is 9.59 Å². The summed E-state index contributed by atoms with van der Waals surface area (Å²) in [4.78, 5) is 36.0. The molecule has 2 aromatic heterocycles. The number of aromatic nitrogens is 2. The number of amides is 1. The summed E-state index contributed by atoms with van der Waals surface area (Å²) in [6.45, 7) is 3.48. The van der Waals surface area contributed by atoms with Crippen LogP contribution in [0.2, 0.25) is 0 Å². The quantitative estimate of drug-likeness (QED) is 0.381. The molecule has 2 aliphatic heterocycles. The van der Waals surface area contributed by atoms with Gasteiger partial charge in [-0.15, -0.1) is 11.3 Å². The first-order valence-electron chi connectivity index (χ1n) is 12.8. The number of nitrogens with two attached hydrogens (primary N) is 1. The lowest BCUT2D eigenvalue weighted by Gasteiger charge is -2.31. The molecule has 3 N–H and O–H groups in total. The standard InChI is InChI=1S/C28H27N7O3S/c29-10-4-11-33-12-9-18(17-33)31-26(36)24-16-22-27(39-24)32-25(30)28(37)35(22)20-7-8-23-21(15-20)34(13-14-38-23)19-5-2-1-3-6-19/h1-3,5-8,15-16,18H,4,9,11-14,17H2,(H2,30,32)(H,31,36)/t18-/m1/s1. The number of nitriles is 1. The number of fused-ring (bicyclic) bond motifs is 2. The van der Waals surface area contributed by atoms with E-state index in [0.29, 0.717) is 53.6 Å². The van der Waals surface area contributed by atoms with E-state index >= 15 is 0 Å². The summed E-state index contributed by atoms with van der Waals surface area (Å²) in [5.74, 6) is 0.386. The number of para-hydroxylation sites is 1. The maximum Gasteiger partial charge on any atom is 0.298 e. The van der Waals surface area contributed by atoms with Crippen molar-refractivity contribution in [1.29, 1.82) is 5.26 Å². The first-order valence-corrected chi connectivity index (χ1v) is 13.7. The van der Waals surface area contributed by atoms with Gasteiger partial charge in [-0.1, -0.05) is 18.2 Å². The predicted octanol–water partition coefficient (Wildman–Crippen LogP) is 3.28. The second kappa shape index (κ2) is 10.4. The van der Waals surface area contributed by atoms with Crippen LogP contribution in [0.1, 0.15) is 22.5 Å². The Hall–Kier alpha value is -4.40. The summed E-state index contributed by atoms with van der Waals surface area (Å²) in [6.07, 6.45) is 1.30. The monoisotopic (exact) mass is 541 g/mol. The van der Waals surface area contributed by atoms with Crippen molar-refractivity contribution in [2.24, 2.45) is 0 Å². The highest BCUT2D eigenvalue weighted by Crippen LogP contribution is 2.38. The number of anilines is 3. The smallest absolute Gasteiger partial charge is 0.298 e. The van der Waals surface area contributed by atoms with Crippen LogP contribution in [0.5, 0.6) is 5.75 Å². The third-order valence-electron chi connectivity index (χ3n) is 7.08. The van der Waals surface area contributed by atoms with Crippen molar-refractivity contribution >= 4 is 44.8 Å². The minimum Gasteiger partial charge on any atom is -0.490 e. The minimum absolute atomic E-state index is 0.00578. The number of carbonyl (C=O) groups excluding carboxylic acids is 1. The Labute approximate surface area is 228 Å². The molecular formula is C28H27N7O3S. The van der Waals surface area contributed by atoms with Gasteiger partial charge >= 0.3 is 0 Å². The molecule has 1 fully saturated rings. The normalized spacial score (nSPS) is 17.0. The van der Waals surface area contributed by atoms with Gasteiger partial charge in [0.2, 0.25) is 0 Å². The van der Waals surface area contributed by atoms with Crippen LogP contribution in [-0.4, -0.2) is 59.2 Å². The Morgan fingerprint density at radius 1 is 1.18 bits per heavy atom. The number of carbonyl (C=O) groups is 1. The molecule has 0 aliphatic carbocycles. The van der Waals surface area contributed by atoms with Gasteiger partial charge in [0, 0.05) is 37.8 Å². The number of thiophene rings is 1. The van der Waals surface area contributed by atoms with Crippen LogP contribution in [0.15, 0.2) is 59.4 Å². The second-order valence-electron chi connectivity index (χ2n) is 9.59. The van der Waals surface area contributed by atoms with Crippen molar-refractivity contribution in [2.75, 3.05) is 43.4 Å². The largest absolute Gasteiger partial charge is 0.490 e. The SMILES string of the molecule is N#CCCN1CC[C@@H](NC(=O)c2cc3c(nc(N)c(=O)n3-c3ccc4c(c3)N(c3ccccc3)CCO4)s2)C1. The highest BCUT2D eigenvalue weighted by Gasteiger charge is 2.26. The van der Waals surface area contributed by atoms with Crippen molar-refractivity contribution in [3.05, 3.63) is 69.8 Å². The lowest BCUT2D eigenvalue weighted by Crippen LogP contribution is -2.36. The Morgan fingerprint density at radius 2 is 2.03 bits per heavy atom. The number of ether oxygens (including phenoxy) is 1. The molecule has 6 rings (SSSR count). The molecule has 2 aliphatic rings. The average molecular weight is 542 g/mol. The maximum atomic E-state index is 13.3. The molecule has 10 nitrogen and oxygen atoms in total. The molecule has 2 aromatic carbocycles. The van der Waals surface area contributed by atoms with Crippen molar-refractivity contribution in [3.63, 3.8) is 0 Å². The number of nitrogen functional groups attached to an aromatic ring is 1. The van der Waals surface area contributed by atoms with Crippen LogP contribution >= 0.6 is 11.3 Å². The zero-order valence-corrected chi connectivity index (χ0v) is 22.0. The molecule has 1 amide bonds. The van der Waals surface area contributed by atoms with Crippen LogP contribution < -0.4 is 26.2 Å². The minimum atomic E-state index is -0.445. The number of likely N-dealkylation sites (tertiary alicyclic amines) is 1. The molecule has 1 saturated heterocycles. The lowest BCUT2D eigenvalue weighted by molar-refractivity contribution is 0.0942. The van der Waals surface area contributed by atoms with E-state index in [1.165, 1.54) is 15.9 Å². The molecule has 0 spiro atoms. The fourth-order valence-corrected chi connectivity index (χ4v) is 6.13. The van der Waals surface area contributed by atoms with Crippen molar-refractivity contribution in [1.82, 2.24) is 19.8 Å². The van der Waals surface area contributed by atoms with Gasteiger partial charge in [-0.25, -0.2) is 4.98 Å². The van der Waals surface area contributed by atoms with Gasteiger partial charge in [0.1, 0.15) is 17.2 Å². The van der Waals surface area contributed by atoms with Crippen LogP contribution in [0.3, 0.4) is 0 Å². The highest BCUT2D eigenvalue weighted by atomic mass is 32.1. The predicted molar refractivity (Wildman–Crippen MR) is 151 cm³/mol. The highest BCUT2D eigenvalue weighted by molar-refractivity contribution is 7.20. The van der Waals surface area contributed by atoms with E-state index in [0.717, 1.165) is 30.1 Å². The van der Waals surface area contributed by atoms with Crippen molar-refractivity contribution in [3.8, 4) is 17.5 Å². The number of hydrogen-bond acceptors (Lipinski definition) is 9. The first kappa shape index (κ1) is 24.9. The zero-order chi connectivity index (χ0) is 26.9. The van der Waals surface area contributed by atoms with Gasteiger partial charge in [0.15, 0.2) is 5.82 Å². The summed E-state index contributed by atoms with van der Waals surface area (Å²) in [7, 11) is 0. The van der Waals surface area contributed by atoms with Crippen molar-refractivity contribution in [2.45, 2.75) is 18.9 Å². The molecule has 1 atom stereocenters. The third kappa shape index (κ3) is 4.80. The molecule has 198 valence electrons. The van der Waals surface area contributed by atoms with E-state index in [-0.39, 0.29) is 17.8 Å². The molecule has 4 aromatic rings. The summed E-state index contributed by atoms with van der Waals surface area (Å²) in [6, 6.07) is 19.5. The Morgan fingerprint density at radius 3 is 2.85 bits per heavy atom. The van der Waals surface area contributed by atoms with Crippen molar-refractivity contribution < 1.29 is 9.53 Å². The molecule has 4 heterocycles. The Balaban J connectivity index is 1.34. The van der Waals surface area contributed by atoms with E-state index in [1.54, 1.807) is 6.07 Å². The number of hydrogen-bond donors (Lipinski definition) is 2. The van der Waals surface area contributed by atoms with Crippen LogP contribution in [0.25, 0.3) is 16.0 Å². The van der Waals surface area contributed by atoms with Crippen LogP contribution in [0.4, 0.5) is 17.2 Å². The molecule has 39 heavy (non-hydrogen) atoms. The molecule has 0 saturated carbocycles. The van der Waals surface area contributed by atoms with E-state index in [4.69, 9.17) is 15.7 Å². The van der Waals surface area contributed by atoms with E-state index in [2.05, 4.69) is 26.2 Å². The number of benzene rings is 2. The number of nitrogens with one attached hydrogen (secondary N) is 1. The van der Waals surface area contributed by atoms with Gasteiger partial charge < -0.3 is 25.6 Å². The summed E-state index contributed by atoms with van der Waals surface area (Å²) < 4.78 is 7.42. The molecule has 11 heteroatoms. The number of rotatable bonds is 6. The summed E-state index contributed by atoms with van der Waals surface area (Å²) in [5.41, 5.74) is 8.61. The molecule has 0 radical (unpaired) electrons. The topological polar surface area (TPSA) is 130 Å². The second-order valence-corrected chi connectivity index (χ2v) is 10.6. The first-order chi connectivity index (χ1) is 19.0. The van der Waals surface area contributed by atoms with Crippen LogP contribution in [0, 0.1) is 11.3 Å². The summed E-state index contributed by atoms with van der Waals surface area (Å²) in [5, 5.41) is 11.9. The molecular weight excluding hydrogens is 514 g/mol. The zero-order valence-electron chi connectivity index (χ0n) is 21.2. The molecule has 0 bridgehead atoms. The Kier molecular flexibility index (Phi) is 6.64. The molecule has 0 unspecified atom stereocenters. The van der Waals surface area contributed by atoms with Gasteiger partial charge in [0.05, 0.1) is 34.4 Å². The maximum absolute atomic E-state index is 13.3. The third-order valence-corrected chi connectivity index (χ3v) is 8.10. The number of nitrogens with zero attached hydrogens (tertiary/aromatic N) is 5. The van der Waals surface area contributed by atoms with Gasteiger partial charge in [-0.2, -0.15) is 5.26 Å². The van der Waals surface area contributed by atoms with Gasteiger partial charge in [-0.05, 0) is 42.8 Å². The fraction of sp³-hybridized carbons (Fsp3) is 0.286. The fourth-order valence-electron chi connectivity index (χ4n) is 5.20.